The van der Waals surface area contributed by atoms with Crippen LogP contribution in [0.1, 0.15) is 35.6 Å². The molecule has 10 aromatic rings. The predicted octanol–water partition coefficient (Wildman–Crippen LogP) is 14.3. The SMILES string of the molecule is CC1C=CC(N(c2ccccc2)c2ccc3c(c2)c2c(n3-c3nc(-c4ccccc4)nc(-c4ccc5ccccc5c4)n3)-c3ccccc3C23c2ccccc2-c2ccccc23)=CC1. The molecule has 1 unspecified atom stereocenters. The van der Waals surface area contributed by atoms with Gasteiger partial charge in [0, 0.05) is 44.7 Å². The van der Waals surface area contributed by atoms with Gasteiger partial charge in [-0.25, -0.2) is 4.98 Å². The number of rotatable bonds is 6. The highest BCUT2D eigenvalue weighted by Gasteiger charge is 2.54. The zero-order valence-corrected chi connectivity index (χ0v) is 35.2. The molecule has 64 heavy (non-hydrogen) atoms. The van der Waals surface area contributed by atoms with E-state index in [2.05, 4.69) is 211 Å². The van der Waals surface area contributed by atoms with Crippen molar-refractivity contribution in [2.24, 2.45) is 5.92 Å². The minimum absolute atomic E-state index is 0.489. The Hall–Kier alpha value is -8.15. The zero-order valence-electron chi connectivity index (χ0n) is 35.2. The second kappa shape index (κ2) is 14.2. The van der Waals surface area contributed by atoms with Crippen LogP contribution in [0.4, 0.5) is 11.4 Å². The summed E-state index contributed by atoms with van der Waals surface area (Å²) in [6.07, 6.45) is 7.97. The topological polar surface area (TPSA) is 46.8 Å². The van der Waals surface area contributed by atoms with Crippen LogP contribution in [0.25, 0.3) is 72.8 Å². The van der Waals surface area contributed by atoms with Crippen LogP contribution in [0.5, 0.6) is 0 Å². The minimum Gasteiger partial charge on any atom is -0.311 e. The Bertz CT molecular complexity index is 3520. The van der Waals surface area contributed by atoms with Crippen molar-refractivity contribution in [3.8, 4) is 51.1 Å². The second-order valence-electron chi connectivity index (χ2n) is 17.2. The lowest BCUT2D eigenvalue weighted by Gasteiger charge is -2.31. The maximum Gasteiger partial charge on any atom is 0.238 e. The van der Waals surface area contributed by atoms with E-state index in [9.17, 15) is 0 Å². The van der Waals surface area contributed by atoms with Gasteiger partial charge in [0.2, 0.25) is 5.95 Å². The molecule has 1 atom stereocenters. The van der Waals surface area contributed by atoms with E-state index in [0.29, 0.717) is 23.5 Å². The number of fused-ring (bicyclic) bond motifs is 13. The summed E-state index contributed by atoms with van der Waals surface area (Å²) >= 11 is 0. The molecule has 0 aliphatic heterocycles. The summed E-state index contributed by atoms with van der Waals surface area (Å²) in [5.74, 6) is 2.32. The summed E-state index contributed by atoms with van der Waals surface area (Å²) in [6, 6.07) is 70.0. The fourth-order valence-corrected chi connectivity index (χ4v) is 10.8. The first kappa shape index (κ1) is 36.5. The lowest BCUT2D eigenvalue weighted by molar-refractivity contribution is 0.728. The molecule has 2 aromatic heterocycles. The van der Waals surface area contributed by atoms with Crippen molar-refractivity contribution >= 4 is 33.1 Å². The van der Waals surface area contributed by atoms with Crippen LogP contribution in [0.15, 0.2) is 218 Å². The molecular weight excluding hydrogens is 779 g/mol. The predicted molar refractivity (Wildman–Crippen MR) is 261 cm³/mol. The number of hydrogen-bond acceptors (Lipinski definition) is 4. The quantitative estimate of drug-likeness (QED) is 0.168. The monoisotopic (exact) mass is 819 g/mol. The number of para-hydroxylation sites is 1. The molecule has 3 aliphatic carbocycles. The van der Waals surface area contributed by atoms with E-state index in [-0.39, 0.29) is 0 Å². The van der Waals surface area contributed by atoms with Crippen molar-refractivity contribution in [2.45, 2.75) is 18.8 Å². The van der Waals surface area contributed by atoms with Crippen molar-refractivity contribution in [3.05, 3.63) is 240 Å². The van der Waals surface area contributed by atoms with Crippen molar-refractivity contribution in [2.75, 3.05) is 4.90 Å². The fraction of sp³-hybridized carbons (Fsp3) is 0.0678. The number of nitrogens with zero attached hydrogens (tertiary/aromatic N) is 5. The first-order valence-corrected chi connectivity index (χ1v) is 22.2. The van der Waals surface area contributed by atoms with Gasteiger partial charge in [-0.1, -0.05) is 177 Å². The number of aromatic nitrogens is 4. The molecule has 0 saturated carbocycles. The Morgan fingerprint density at radius 1 is 0.531 bits per heavy atom. The molecule has 0 amide bonds. The Morgan fingerprint density at radius 2 is 1.14 bits per heavy atom. The summed E-state index contributed by atoms with van der Waals surface area (Å²) < 4.78 is 2.33. The average molecular weight is 820 g/mol. The first-order chi connectivity index (χ1) is 31.6. The van der Waals surface area contributed by atoms with Gasteiger partial charge in [-0.05, 0) is 93.4 Å². The Labute approximate surface area is 372 Å². The highest BCUT2D eigenvalue weighted by molar-refractivity contribution is 6.06. The van der Waals surface area contributed by atoms with Gasteiger partial charge < -0.3 is 4.90 Å². The van der Waals surface area contributed by atoms with Gasteiger partial charge in [0.25, 0.3) is 0 Å². The molecule has 5 heteroatoms. The zero-order chi connectivity index (χ0) is 42.4. The maximum absolute atomic E-state index is 5.48. The molecule has 0 bridgehead atoms. The second-order valence-corrected chi connectivity index (χ2v) is 17.2. The molecule has 2 heterocycles. The molecule has 0 fully saturated rings. The fourth-order valence-electron chi connectivity index (χ4n) is 10.8. The smallest absolute Gasteiger partial charge is 0.238 e. The maximum atomic E-state index is 5.48. The molecule has 5 nitrogen and oxygen atoms in total. The van der Waals surface area contributed by atoms with Gasteiger partial charge in [-0.3, -0.25) is 4.57 Å². The number of hydrogen-bond donors (Lipinski definition) is 0. The van der Waals surface area contributed by atoms with Crippen molar-refractivity contribution in [1.29, 1.82) is 0 Å². The van der Waals surface area contributed by atoms with Crippen LogP contribution in [0.3, 0.4) is 0 Å². The highest BCUT2D eigenvalue weighted by atomic mass is 15.2. The summed E-state index contributed by atoms with van der Waals surface area (Å²) in [7, 11) is 0. The van der Waals surface area contributed by atoms with Crippen LogP contribution in [0.2, 0.25) is 0 Å². The summed E-state index contributed by atoms with van der Waals surface area (Å²) in [4.78, 5) is 18.5. The lowest BCUT2D eigenvalue weighted by atomic mass is 9.70. The lowest BCUT2D eigenvalue weighted by Crippen LogP contribution is -2.25. The van der Waals surface area contributed by atoms with Crippen molar-refractivity contribution < 1.29 is 0 Å². The van der Waals surface area contributed by atoms with Crippen LogP contribution < -0.4 is 4.90 Å². The van der Waals surface area contributed by atoms with E-state index >= 15 is 0 Å². The van der Waals surface area contributed by atoms with E-state index in [0.717, 1.165) is 50.9 Å². The third-order valence-corrected chi connectivity index (χ3v) is 13.6. The van der Waals surface area contributed by atoms with Gasteiger partial charge >= 0.3 is 0 Å². The number of anilines is 2. The van der Waals surface area contributed by atoms with Crippen LogP contribution in [0, 0.1) is 5.92 Å². The minimum atomic E-state index is -0.602. The van der Waals surface area contributed by atoms with Crippen molar-refractivity contribution in [1.82, 2.24) is 19.5 Å². The largest absolute Gasteiger partial charge is 0.311 e. The molecule has 13 rings (SSSR count). The van der Waals surface area contributed by atoms with Crippen LogP contribution >= 0.6 is 0 Å². The van der Waals surface area contributed by atoms with Gasteiger partial charge in [-0.15, -0.1) is 0 Å². The third-order valence-electron chi connectivity index (χ3n) is 13.6. The Balaban J connectivity index is 1.16. The van der Waals surface area contributed by atoms with Crippen LogP contribution in [-0.4, -0.2) is 19.5 Å². The molecule has 0 radical (unpaired) electrons. The van der Waals surface area contributed by atoms with Gasteiger partial charge in [0.05, 0.1) is 16.6 Å². The molecule has 0 N–H and O–H groups in total. The van der Waals surface area contributed by atoms with Gasteiger partial charge in [0.15, 0.2) is 11.6 Å². The summed E-state index contributed by atoms with van der Waals surface area (Å²) in [6.45, 7) is 2.28. The van der Waals surface area contributed by atoms with E-state index in [1.165, 1.54) is 50.0 Å². The Morgan fingerprint density at radius 3 is 1.84 bits per heavy atom. The van der Waals surface area contributed by atoms with E-state index < -0.39 is 5.41 Å². The molecule has 1 spiro atoms. The summed E-state index contributed by atoms with van der Waals surface area (Å²) in [5.41, 5.74) is 15.5. The number of benzene rings is 8. The van der Waals surface area contributed by atoms with Crippen LogP contribution in [-0.2, 0) is 5.41 Å². The summed E-state index contributed by atoms with van der Waals surface area (Å²) in [5, 5.41) is 3.46. The van der Waals surface area contributed by atoms with Gasteiger partial charge in [-0.2, -0.15) is 9.97 Å². The first-order valence-electron chi connectivity index (χ1n) is 22.2. The molecule has 302 valence electrons. The number of allylic oxidation sites excluding steroid dienone is 3. The normalized spacial score (nSPS) is 15.2. The standard InChI is InChI=1S/C59H41N5/c1-38-28-32-44(33-29-38)63(43-20-6-3-7-21-43)45-34-35-53-49(37-45)54-55(48-24-12-15-27-52(48)59(54)50-25-13-10-22-46(50)47-23-11-14-26-51(47)59)64(53)58-61-56(40-17-4-2-5-18-40)60-57(62-58)42-31-30-39-16-8-9-19-41(39)36-42/h2-28,30-38H,29H2,1H3. The molecule has 0 saturated heterocycles. The average Bonchev–Trinajstić information content (AvgIpc) is 3.97. The van der Waals surface area contributed by atoms with E-state index in [1.807, 2.05) is 18.2 Å². The molecule has 8 aromatic carbocycles. The van der Waals surface area contributed by atoms with E-state index in [4.69, 9.17) is 15.0 Å². The van der Waals surface area contributed by atoms with Gasteiger partial charge in [0.1, 0.15) is 0 Å². The van der Waals surface area contributed by atoms with E-state index in [1.54, 1.807) is 0 Å². The van der Waals surface area contributed by atoms with Crippen molar-refractivity contribution in [3.63, 3.8) is 0 Å². The highest BCUT2D eigenvalue weighted by Crippen LogP contribution is 2.65. The third kappa shape index (κ3) is 5.34. The molecular formula is C59H41N5. The molecule has 3 aliphatic rings. The Kier molecular flexibility index (Phi) is 8.10.